The molecule has 7 heteroatoms. The van der Waals surface area contributed by atoms with E-state index in [1.807, 2.05) is 0 Å². The number of aromatic amines is 1. The molecular formula is C12H11N5O2. The Balaban J connectivity index is 2.15. The third kappa shape index (κ3) is 1.95. The highest BCUT2D eigenvalue weighted by atomic mass is 16.5. The van der Waals surface area contributed by atoms with Crippen molar-refractivity contribution in [1.82, 2.24) is 24.9 Å². The van der Waals surface area contributed by atoms with Gasteiger partial charge in [0.15, 0.2) is 5.65 Å². The van der Waals surface area contributed by atoms with Crippen LogP contribution in [0, 0.1) is 0 Å². The van der Waals surface area contributed by atoms with Crippen LogP contribution in [0.1, 0.15) is 0 Å². The molecule has 0 aliphatic heterocycles. The molecule has 7 nitrogen and oxygen atoms in total. The maximum absolute atomic E-state index is 5.32. The van der Waals surface area contributed by atoms with Crippen molar-refractivity contribution in [3.05, 3.63) is 24.8 Å². The number of pyridine rings is 1. The average Bonchev–Trinajstić information content (AvgIpc) is 2.90. The lowest BCUT2D eigenvalue weighted by atomic mass is 10.2. The molecule has 3 aromatic rings. The highest BCUT2D eigenvalue weighted by Crippen LogP contribution is 2.30. The summed E-state index contributed by atoms with van der Waals surface area (Å²) in [6.45, 7) is 0. The Morgan fingerprint density at radius 3 is 2.74 bits per heavy atom. The predicted octanol–water partition coefficient (Wildman–Crippen LogP) is 1.43. The largest absolute Gasteiger partial charge is 0.496 e. The summed E-state index contributed by atoms with van der Waals surface area (Å²) < 4.78 is 10.4. The van der Waals surface area contributed by atoms with E-state index < -0.39 is 0 Å². The van der Waals surface area contributed by atoms with Crippen LogP contribution in [0.2, 0.25) is 0 Å². The van der Waals surface area contributed by atoms with E-state index in [-0.39, 0.29) is 0 Å². The maximum atomic E-state index is 5.32. The van der Waals surface area contributed by atoms with Gasteiger partial charge in [-0.3, -0.25) is 0 Å². The first-order valence-corrected chi connectivity index (χ1v) is 5.56. The lowest BCUT2D eigenvalue weighted by Gasteiger charge is -2.07. The smallest absolute Gasteiger partial charge is 0.216 e. The van der Waals surface area contributed by atoms with E-state index in [4.69, 9.17) is 9.47 Å². The minimum absolute atomic E-state index is 0.483. The van der Waals surface area contributed by atoms with E-state index in [0.717, 1.165) is 11.1 Å². The van der Waals surface area contributed by atoms with Gasteiger partial charge < -0.3 is 14.5 Å². The van der Waals surface area contributed by atoms with Crippen LogP contribution in [0.25, 0.3) is 22.6 Å². The molecule has 0 aromatic carbocycles. The second-order valence-corrected chi connectivity index (χ2v) is 3.77. The lowest BCUT2D eigenvalue weighted by molar-refractivity contribution is 0.383. The van der Waals surface area contributed by atoms with Crippen molar-refractivity contribution in [3.8, 4) is 23.0 Å². The topological polar surface area (TPSA) is 85.8 Å². The number of nitrogens with one attached hydrogen (secondary N) is 1. The maximum Gasteiger partial charge on any atom is 0.216 e. The molecule has 0 saturated carbocycles. The number of imidazole rings is 1. The van der Waals surface area contributed by atoms with Crippen molar-refractivity contribution in [3.63, 3.8) is 0 Å². The van der Waals surface area contributed by atoms with E-state index in [1.165, 1.54) is 6.33 Å². The standard InChI is InChI=1S/C12H11N5O2/c1-18-9-3-10(19-2)14-4-7(9)11-16-8-5-13-6-15-12(8)17-11/h3-6H,1-2H3,(H,13,15,16,17). The molecule has 0 aliphatic carbocycles. The van der Waals surface area contributed by atoms with Crippen LogP contribution in [0.5, 0.6) is 11.6 Å². The van der Waals surface area contributed by atoms with Crippen LogP contribution in [0.15, 0.2) is 24.8 Å². The van der Waals surface area contributed by atoms with Gasteiger partial charge in [0.1, 0.15) is 23.4 Å². The molecule has 1 N–H and O–H groups in total. The van der Waals surface area contributed by atoms with Crippen LogP contribution in [-0.4, -0.2) is 39.1 Å². The predicted molar refractivity (Wildman–Crippen MR) is 68.0 cm³/mol. The fourth-order valence-electron chi connectivity index (χ4n) is 1.77. The molecule has 0 spiro atoms. The summed E-state index contributed by atoms with van der Waals surface area (Å²) in [5.74, 6) is 1.73. The number of hydrogen-bond donors (Lipinski definition) is 1. The van der Waals surface area contributed by atoms with Crippen LogP contribution in [-0.2, 0) is 0 Å². The van der Waals surface area contributed by atoms with Crippen molar-refractivity contribution in [2.75, 3.05) is 14.2 Å². The molecule has 0 saturated heterocycles. The van der Waals surface area contributed by atoms with E-state index in [1.54, 1.807) is 32.7 Å². The minimum atomic E-state index is 0.483. The zero-order valence-corrected chi connectivity index (χ0v) is 10.4. The SMILES string of the molecule is COc1cc(OC)c(-c2nc3ncncc3[nH]2)cn1. The van der Waals surface area contributed by atoms with Crippen molar-refractivity contribution in [2.24, 2.45) is 0 Å². The van der Waals surface area contributed by atoms with Crippen LogP contribution in [0.4, 0.5) is 0 Å². The van der Waals surface area contributed by atoms with Crippen molar-refractivity contribution >= 4 is 11.2 Å². The third-order valence-corrected chi connectivity index (χ3v) is 2.69. The number of methoxy groups -OCH3 is 2. The number of aromatic nitrogens is 5. The van der Waals surface area contributed by atoms with Gasteiger partial charge in [0, 0.05) is 12.3 Å². The molecule has 0 amide bonds. The van der Waals surface area contributed by atoms with Crippen molar-refractivity contribution in [1.29, 1.82) is 0 Å². The third-order valence-electron chi connectivity index (χ3n) is 2.69. The van der Waals surface area contributed by atoms with E-state index in [2.05, 4.69) is 24.9 Å². The monoisotopic (exact) mass is 257 g/mol. The van der Waals surface area contributed by atoms with Gasteiger partial charge in [0.25, 0.3) is 0 Å². The summed E-state index contributed by atoms with van der Waals surface area (Å²) in [7, 11) is 3.14. The summed E-state index contributed by atoms with van der Waals surface area (Å²) >= 11 is 0. The summed E-state index contributed by atoms with van der Waals surface area (Å²) in [5.41, 5.74) is 2.10. The summed E-state index contributed by atoms with van der Waals surface area (Å²) in [5, 5.41) is 0. The molecule has 3 rings (SSSR count). The Hall–Kier alpha value is -2.70. The first kappa shape index (κ1) is 11.4. The van der Waals surface area contributed by atoms with Gasteiger partial charge in [0.05, 0.1) is 26.0 Å². The quantitative estimate of drug-likeness (QED) is 0.764. The molecular weight excluding hydrogens is 246 g/mol. The Morgan fingerprint density at radius 2 is 2.00 bits per heavy atom. The fraction of sp³-hybridized carbons (Fsp3) is 0.167. The van der Waals surface area contributed by atoms with Crippen LogP contribution in [0.3, 0.4) is 0 Å². The van der Waals surface area contributed by atoms with Gasteiger partial charge in [-0.1, -0.05) is 0 Å². The van der Waals surface area contributed by atoms with Gasteiger partial charge in [-0.25, -0.2) is 19.9 Å². The van der Waals surface area contributed by atoms with Gasteiger partial charge in [-0.05, 0) is 0 Å². The molecule has 19 heavy (non-hydrogen) atoms. The first-order valence-electron chi connectivity index (χ1n) is 5.56. The normalized spacial score (nSPS) is 10.6. The number of fused-ring (bicyclic) bond motifs is 1. The summed E-state index contributed by atoms with van der Waals surface area (Å²) in [6, 6.07) is 1.70. The highest BCUT2D eigenvalue weighted by molar-refractivity contribution is 5.76. The minimum Gasteiger partial charge on any atom is -0.496 e. The number of hydrogen-bond acceptors (Lipinski definition) is 6. The number of rotatable bonds is 3. The molecule has 0 radical (unpaired) electrons. The van der Waals surface area contributed by atoms with Crippen LogP contribution >= 0.6 is 0 Å². The van der Waals surface area contributed by atoms with Gasteiger partial charge in [-0.15, -0.1) is 0 Å². The van der Waals surface area contributed by atoms with Gasteiger partial charge in [0.2, 0.25) is 5.88 Å². The lowest BCUT2D eigenvalue weighted by Crippen LogP contribution is -1.94. The molecule has 3 aromatic heterocycles. The van der Waals surface area contributed by atoms with Crippen LogP contribution < -0.4 is 9.47 Å². The molecule has 0 fully saturated rings. The first-order chi connectivity index (χ1) is 9.31. The van der Waals surface area contributed by atoms with Gasteiger partial charge >= 0.3 is 0 Å². The molecule has 0 unspecified atom stereocenters. The van der Waals surface area contributed by atoms with Crippen molar-refractivity contribution < 1.29 is 9.47 Å². The fourth-order valence-corrected chi connectivity index (χ4v) is 1.77. The second kappa shape index (κ2) is 4.52. The van der Waals surface area contributed by atoms with Crippen molar-refractivity contribution in [2.45, 2.75) is 0 Å². The van der Waals surface area contributed by atoms with E-state index >= 15 is 0 Å². The average molecular weight is 257 g/mol. The Morgan fingerprint density at radius 1 is 1.11 bits per heavy atom. The highest BCUT2D eigenvalue weighted by Gasteiger charge is 2.13. The molecule has 0 aliphatic rings. The number of nitrogens with zero attached hydrogens (tertiary/aromatic N) is 4. The zero-order valence-electron chi connectivity index (χ0n) is 10.4. The van der Waals surface area contributed by atoms with Gasteiger partial charge in [-0.2, -0.15) is 0 Å². The van der Waals surface area contributed by atoms with E-state index in [0.29, 0.717) is 23.1 Å². The Labute approximate surface area is 108 Å². The Kier molecular flexibility index (Phi) is 2.71. The Bertz CT molecular complexity index is 692. The number of H-pyrrole nitrogens is 1. The summed E-state index contributed by atoms with van der Waals surface area (Å²) in [4.78, 5) is 19.7. The zero-order chi connectivity index (χ0) is 13.2. The summed E-state index contributed by atoms with van der Waals surface area (Å²) in [6.07, 6.45) is 4.77. The second-order valence-electron chi connectivity index (χ2n) is 3.77. The van der Waals surface area contributed by atoms with E-state index in [9.17, 15) is 0 Å². The molecule has 0 bridgehead atoms. The molecule has 3 heterocycles. The molecule has 0 atom stereocenters. The molecule has 96 valence electrons. The number of ether oxygens (including phenoxy) is 2.